The number of esters is 1. The summed E-state index contributed by atoms with van der Waals surface area (Å²) in [6.07, 6.45) is 4.15. The third-order valence-electron chi connectivity index (χ3n) is 5.49. The van der Waals surface area contributed by atoms with Gasteiger partial charge in [-0.25, -0.2) is 4.79 Å². The Balaban J connectivity index is 2.33. The predicted molar refractivity (Wildman–Crippen MR) is 104 cm³/mol. The van der Waals surface area contributed by atoms with E-state index in [2.05, 4.69) is 42.7 Å². The molecule has 26 heavy (non-hydrogen) atoms. The maximum atomic E-state index is 12.0. The Labute approximate surface area is 157 Å². The molecule has 4 nitrogen and oxygen atoms in total. The zero-order chi connectivity index (χ0) is 19.0. The van der Waals surface area contributed by atoms with Gasteiger partial charge in [0.25, 0.3) is 0 Å². The highest BCUT2D eigenvalue weighted by atomic mass is 16.6. The van der Waals surface area contributed by atoms with Gasteiger partial charge in [0.2, 0.25) is 0 Å². The molecular weight excluding hydrogens is 326 g/mol. The normalized spacial score (nSPS) is 22.6. The van der Waals surface area contributed by atoms with Crippen LogP contribution in [0.4, 0.5) is 0 Å². The summed E-state index contributed by atoms with van der Waals surface area (Å²) < 4.78 is 5.87. The summed E-state index contributed by atoms with van der Waals surface area (Å²) in [6, 6.07) is 8.62. The first-order valence-electron chi connectivity index (χ1n) is 9.65. The molecule has 0 radical (unpaired) electrons. The lowest BCUT2D eigenvalue weighted by Gasteiger charge is -2.43. The molecule has 1 N–H and O–H groups in total. The van der Waals surface area contributed by atoms with Gasteiger partial charge < -0.3 is 14.7 Å². The van der Waals surface area contributed by atoms with Crippen molar-refractivity contribution in [2.75, 3.05) is 19.7 Å². The van der Waals surface area contributed by atoms with Gasteiger partial charge >= 0.3 is 5.97 Å². The van der Waals surface area contributed by atoms with Crippen LogP contribution < -0.4 is 0 Å². The number of benzene rings is 1. The average Bonchev–Trinajstić information content (AvgIpc) is 2.68. The van der Waals surface area contributed by atoms with Gasteiger partial charge in [0, 0.05) is 12.5 Å². The molecule has 0 amide bonds. The molecule has 0 saturated heterocycles. The highest BCUT2D eigenvalue weighted by Crippen LogP contribution is 2.43. The van der Waals surface area contributed by atoms with Crippen LogP contribution in [0.15, 0.2) is 24.3 Å². The van der Waals surface area contributed by atoms with Crippen LogP contribution in [-0.4, -0.2) is 41.7 Å². The molecule has 0 spiro atoms. The SMILES string of the molecule is CC#CCc1ccccc1C1(OC(=O)CO)CCC(N(CC)CC)CC1. The van der Waals surface area contributed by atoms with Gasteiger partial charge in [0.15, 0.2) is 0 Å². The first-order valence-corrected chi connectivity index (χ1v) is 9.65. The number of carbonyl (C=O) groups is 1. The monoisotopic (exact) mass is 357 g/mol. The Morgan fingerprint density at radius 2 is 1.92 bits per heavy atom. The summed E-state index contributed by atoms with van der Waals surface area (Å²) in [5.74, 6) is 5.52. The Hall–Kier alpha value is -1.83. The van der Waals surface area contributed by atoms with Crippen LogP contribution in [0.3, 0.4) is 0 Å². The molecule has 1 aliphatic carbocycles. The van der Waals surface area contributed by atoms with E-state index >= 15 is 0 Å². The third-order valence-corrected chi connectivity index (χ3v) is 5.49. The lowest BCUT2D eigenvalue weighted by atomic mass is 9.75. The van der Waals surface area contributed by atoms with E-state index in [1.807, 2.05) is 19.1 Å². The molecule has 0 bridgehead atoms. The fourth-order valence-corrected chi connectivity index (χ4v) is 4.15. The van der Waals surface area contributed by atoms with Crippen LogP contribution in [0.1, 0.15) is 57.6 Å². The number of hydrogen-bond donors (Lipinski definition) is 1. The van der Waals surface area contributed by atoms with Crippen LogP contribution >= 0.6 is 0 Å². The first kappa shape index (κ1) is 20.5. The van der Waals surface area contributed by atoms with Crippen molar-refractivity contribution in [3.05, 3.63) is 35.4 Å². The number of hydrogen-bond acceptors (Lipinski definition) is 4. The highest BCUT2D eigenvalue weighted by molar-refractivity contribution is 5.71. The summed E-state index contributed by atoms with van der Waals surface area (Å²) in [5.41, 5.74) is 1.49. The van der Waals surface area contributed by atoms with E-state index in [1.54, 1.807) is 0 Å². The van der Waals surface area contributed by atoms with E-state index in [4.69, 9.17) is 4.74 Å². The summed E-state index contributed by atoms with van der Waals surface area (Å²) in [4.78, 5) is 14.5. The molecule has 1 saturated carbocycles. The summed E-state index contributed by atoms with van der Waals surface area (Å²) >= 11 is 0. The molecule has 1 aliphatic rings. The molecule has 142 valence electrons. The predicted octanol–water partition coefficient (Wildman–Crippen LogP) is 3.27. The van der Waals surface area contributed by atoms with Crippen LogP contribution in [-0.2, 0) is 21.6 Å². The number of aliphatic hydroxyl groups excluding tert-OH is 1. The minimum atomic E-state index is -0.657. The second-order valence-electron chi connectivity index (χ2n) is 6.84. The van der Waals surface area contributed by atoms with E-state index in [9.17, 15) is 9.90 Å². The standard InChI is InChI=1S/C22H31NO3/c1-4-7-10-18-11-8-9-12-20(18)22(26-21(25)17-24)15-13-19(14-16-22)23(5-2)6-3/h8-9,11-12,19,24H,5-6,10,13-17H2,1-3H3. The Kier molecular flexibility index (Phi) is 7.68. The van der Waals surface area contributed by atoms with Crippen molar-refractivity contribution in [3.8, 4) is 11.8 Å². The molecule has 1 fully saturated rings. The Morgan fingerprint density at radius 3 is 2.50 bits per heavy atom. The highest BCUT2D eigenvalue weighted by Gasteiger charge is 2.42. The molecule has 0 heterocycles. The van der Waals surface area contributed by atoms with Gasteiger partial charge in [-0.15, -0.1) is 5.92 Å². The van der Waals surface area contributed by atoms with Gasteiger partial charge in [-0.2, -0.15) is 0 Å². The third kappa shape index (κ3) is 4.66. The molecule has 1 aromatic carbocycles. The average molecular weight is 357 g/mol. The second kappa shape index (κ2) is 9.75. The Bertz CT molecular complexity index is 647. The van der Waals surface area contributed by atoms with Crippen molar-refractivity contribution < 1.29 is 14.6 Å². The van der Waals surface area contributed by atoms with Crippen LogP contribution in [0.2, 0.25) is 0 Å². The zero-order valence-electron chi connectivity index (χ0n) is 16.3. The van der Waals surface area contributed by atoms with Gasteiger partial charge in [-0.1, -0.05) is 44.0 Å². The fourth-order valence-electron chi connectivity index (χ4n) is 4.15. The topological polar surface area (TPSA) is 49.8 Å². The zero-order valence-corrected chi connectivity index (χ0v) is 16.3. The van der Waals surface area contributed by atoms with Crippen LogP contribution in [0.5, 0.6) is 0 Å². The largest absolute Gasteiger partial charge is 0.452 e. The van der Waals surface area contributed by atoms with Crippen molar-refractivity contribution in [2.24, 2.45) is 0 Å². The number of nitrogens with zero attached hydrogens (tertiary/aromatic N) is 1. The van der Waals surface area contributed by atoms with Crippen molar-refractivity contribution in [1.82, 2.24) is 4.90 Å². The quantitative estimate of drug-likeness (QED) is 0.601. The van der Waals surface area contributed by atoms with Gasteiger partial charge in [0.05, 0.1) is 0 Å². The van der Waals surface area contributed by atoms with Crippen molar-refractivity contribution in [2.45, 2.75) is 64.5 Å². The molecule has 1 aromatic rings. The first-order chi connectivity index (χ1) is 12.6. The fraction of sp³-hybridized carbons (Fsp3) is 0.591. The Morgan fingerprint density at radius 1 is 1.27 bits per heavy atom. The molecule has 2 rings (SSSR count). The minimum absolute atomic E-state index is 0.522. The lowest BCUT2D eigenvalue weighted by molar-refractivity contribution is -0.170. The minimum Gasteiger partial charge on any atom is -0.452 e. The summed E-state index contributed by atoms with van der Waals surface area (Å²) in [6.45, 7) is 7.70. The number of rotatable bonds is 7. The van der Waals surface area contributed by atoms with Crippen LogP contribution in [0.25, 0.3) is 0 Å². The lowest BCUT2D eigenvalue weighted by Crippen LogP contribution is -2.45. The maximum absolute atomic E-state index is 12.0. The van der Waals surface area contributed by atoms with E-state index in [0.717, 1.165) is 49.9 Å². The van der Waals surface area contributed by atoms with Gasteiger partial charge in [-0.05, 0) is 56.8 Å². The van der Waals surface area contributed by atoms with E-state index in [0.29, 0.717) is 12.5 Å². The molecule has 4 heteroatoms. The van der Waals surface area contributed by atoms with Crippen molar-refractivity contribution in [3.63, 3.8) is 0 Å². The van der Waals surface area contributed by atoms with Crippen molar-refractivity contribution >= 4 is 5.97 Å². The number of aliphatic hydroxyl groups is 1. The summed E-state index contributed by atoms with van der Waals surface area (Å²) in [7, 11) is 0. The molecule has 0 aliphatic heterocycles. The molecule has 0 aromatic heterocycles. The summed E-state index contributed by atoms with van der Waals surface area (Å²) in [5, 5.41) is 9.25. The molecular formula is C22H31NO3. The van der Waals surface area contributed by atoms with Crippen molar-refractivity contribution in [1.29, 1.82) is 0 Å². The molecule has 0 unspecified atom stereocenters. The molecule has 0 atom stereocenters. The maximum Gasteiger partial charge on any atom is 0.332 e. The van der Waals surface area contributed by atoms with Gasteiger partial charge in [-0.3, -0.25) is 0 Å². The number of carbonyl (C=O) groups excluding carboxylic acids is 1. The second-order valence-corrected chi connectivity index (χ2v) is 6.84. The smallest absolute Gasteiger partial charge is 0.332 e. The number of ether oxygens (including phenoxy) is 1. The van der Waals surface area contributed by atoms with E-state index < -0.39 is 18.2 Å². The van der Waals surface area contributed by atoms with Gasteiger partial charge in [0.1, 0.15) is 12.2 Å². The van der Waals surface area contributed by atoms with E-state index in [-0.39, 0.29) is 0 Å². The van der Waals surface area contributed by atoms with Crippen LogP contribution in [0, 0.1) is 11.8 Å². The van der Waals surface area contributed by atoms with E-state index in [1.165, 1.54) is 0 Å².